The molecule has 2 heterocycles. The van der Waals surface area contributed by atoms with E-state index in [-0.39, 0.29) is 11.0 Å². The second kappa shape index (κ2) is 8.39. The number of aromatic nitrogens is 1. The van der Waals surface area contributed by atoms with Crippen molar-refractivity contribution in [1.29, 1.82) is 0 Å². The summed E-state index contributed by atoms with van der Waals surface area (Å²) >= 11 is 0. The van der Waals surface area contributed by atoms with E-state index in [4.69, 9.17) is 23.9 Å². The highest BCUT2D eigenvalue weighted by Gasteiger charge is 2.45. The van der Waals surface area contributed by atoms with Crippen molar-refractivity contribution in [2.24, 2.45) is 0 Å². The summed E-state index contributed by atoms with van der Waals surface area (Å²) in [6.07, 6.45) is 0. The largest absolute Gasteiger partial charge is 0.496 e. The molecule has 6 heteroatoms. The number of hydrogen-bond donors (Lipinski definition) is 0. The van der Waals surface area contributed by atoms with Crippen LogP contribution in [0.5, 0.6) is 23.1 Å². The second-order valence-corrected chi connectivity index (χ2v) is 11.3. The third-order valence-corrected chi connectivity index (χ3v) is 8.57. The first-order chi connectivity index (χ1) is 14.9. The highest BCUT2D eigenvalue weighted by atomic mass is 31.1. The number of hydrogen-bond acceptors (Lipinski definition) is 5. The number of methoxy groups -OCH3 is 3. The van der Waals surface area contributed by atoms with Crippen molar-refractivity contribution < 1.29 is 18.9 Å². The Morgan fingerprint density at radius 3 is 2.10 bits per heavy atom. The molecule has 1 aliphatic rings. The van der Waals surface area contributed by atoms with Gasteiger partial charge in [0, 0.05) is 16.9 Å². The maximum absolute atomic E-state index is 6.57. The van der Waals surface area contributed by atoms with Gasteiger partial charge < -0.3 is 18.9 Å². The van der Waals surface area contributed by atoms with E-state index in [9.17, 15) is 0 Å². The maximum Gasteiger partial charge on any atom is 0.213 e. The molecule has 1 aliphatic heterocycles. The Labute approximate surface area is 185 Å². The van der Waals surface area contributed by atoms with Crippen LogP contribution in [0, 0.1) is 0 Å². The lowest BCUT2D eigenvalue weighted by atomic mass is 10.0. The monoisotopic (exact) mass is 437 g/mol. The molecule has 1 aromatic heterocycles. The van der Waals surface area contributed by atoms with Crippen LogP contribution in [0.1, 0.15) is 32.3 Å². The van der Waals surface area contributed by atoms with Crippen LogP contribution in [-0.4, -0.2) is 31.5 Å². The van der Waals surface area contributed by atoms with Gasteiger partial charge in [0.15, 0.2) is 5.85 Å². The molecule has 0 amide bonds. The van der Waals surface area contributed by atoms with E-state index < -0.39 is 7.92 Å². The zero-order chi connectivity index (χ0) is 22.2. The Hall–Kier alpha value is -2.78. The van der Waals surface area contributed by atoms with Gasteiger partial charge in [-0.15, -0.1) is 0 Å². The minimum absolute atomic E-state index is 0.0264. The molecule has 0 spiro atoms. The lowest BCUT2D eigenvalue weighted by molar-refractivity contribution is 0.292. The molecular formula is C25H28NO4P. The van der Waals surface area contributed by atoms with Gasteiger partial charge in [-0.25, -0.2) is 4.98 Å². The number of pyridine rings is 1. The molecule has 5 nitrogen and oxygen atoms in total. The number of ether oxygens (including phenoxy) is 4. The Kier molecular flexibility index (Phi) is 5.81. The first kappa shape index (κ1) is 21.5. The Morgan fingerprint density at radius 2 is 1.48 bits per heavy atom. The van der Waals surface area contributed by atoms with Crippen molar-refractivity contribution in [3.63, 3.8) is 0 Å². The van der Waals surface area contributed by atoms with Crippen molar-refractivity contribution in [2.45, 2.75) is 31.8 Å². The minimum atomic E-state index is -0.790. The number of nitrogens with zero attached hydrogens (tertiary/aromatic N) is 1. The molecule has 0 unspecified atom stereocenters. The van der Waals surface area contributed by atoms with Gasteiger partial charge in [0.2, 0.25) is 5.88 Å². The highest BCUT2D eigenvalue weighted by Crippen LogP contribution is 2.66. The van der Waals surface area contributed by atoms with Gasteiger partial charge in [0.25, 0.3) is 0 Å². The van der Waals surface area contributed by atoms with Gasteiger partial charge in [-0.05, 0) is 37.3 Å². The fraction of sp³-hybridized carbons (Fsp3) is 0.320. The third-order valence-electron chi connectivity index (χ3n) is 5.34. The normalized spacial score (nSPS) is 17.6. The lowest BCUT2D eigenvalue weighted by Gasteiger charge is -2.32. The fourth-order valence-electron chi connectivity index (χ4n) is 4.04. The van der Waals surface area contributed by atoms with E-state index in [1.54, 1.807) is 21.3 Å². The summed E-state index contributed by atoms with van der Waals surface area (Å²) in [6.45, 7) is 6.79. The average Bonchev–Trinajstić information content (AvgIpc) is 3.19. The topological polar surface area (TPSA) is 49.8 Å². The molecule has 0 bridgehead atoms. The van der Waals surface area contributed by atoms with Gasteiger partial charge in [-0.3, -0.25) is 0 Å². The zero-order valence-corrected chi connectivity index (χ0v) is 19.7. The van der Waals surface area contributed by atoms with E-state index in [1.165, 1.54) is 5.30 Å². The first-order valence-electron chi connectivity index (χ1n) is 10.2. The first-order valence-corrected chi connectivity index (χ1v) is 11.6. The molecule has 31 heavy (non-hydrogen) atoms. The zero-order valence-electron chi connectivity index (χ0n) is 18.8. The molecule has 2 atom stereocenters. The van der Waals surface area contributed by atoms with Gasteiger partial charge in [0.1, 0.15) is 17.2 Å². The summed E-state index contributed by atoms with van der Waals surface area (Å²) in [5, 5.41) is 1.18. The Balaban J connectivity index is 1.94. The summed E-state index contributed by atoms with van der Waals surface area (Å²) in [6, 6.07) is 17.9. The molecule has 3 aromatic rings. The maximum atomic E-state index is 6.57. The molecule has 0 aliphatic carbocycles. The summed E-state index contributed by atoms with van der Waals surface area (Å²) in [7, 11) is 4.22. The Bertz CT molecular complexity index is 1070. The quantitative estimate of drug-likeness (QED) is 0.474. The summed E-state index contributed by atoms with van der Waals surface area (Å²) in [5.74, 6) is 2.87. The molecule has 0 fully saturated rings. The van der Waals surface area contributed by atoms with Crippen LogP contribution in [0.2, 0.25) is 0 Å². The van der Waals surface area contributed by atoms with Crippen LogP contribution in [-0.2, 0) is 0 Å². The summed E-state index contributed by atoms with van der Waals surface area (Å²) in [5.41, 5.74) is 2.91. The SMILES string of the molecule is COc1cccc([C@@H]2Oc3cccc(-c4c(OC)cccc4OC)c3[P@@]2C(C)(C)C)n1. The van der Waals surface area contributed by atoms with E-state index in [1.807, 2.05) is 48.5 Å². The van der Waals surface area contributed by atoms with Crippen LogP contribution in [0.4, 0.5) is 0 Å². The molecular weight excluding hydrogens is 409 g/mol. The fourth-order valence-corrected chi connectivity index (χ4v) is 7.08. The van der Waals surface area contributed by atoms with E-state index in [0.717, 1.165) is 34.1 Å². The van der Waals surface area contributed by atoms with E-state index in [2.05, 4.69) is 26.8 Å². The standard InChI is InChI=1S/C25H28NO4P/c1-25(2,3)31-23-16(22-18(27-4)12-9-13-19(22)28-5)10-7-14-20(23)30-24(31)17-11-8-15-21(26-17)29-6/h7-15,24H,1-6H3/t24-,31-/m1/s1. The molecule has 0 saturated heterocycles. The van der Waals surface area contributed by atoms with Crippen molar-refractivity contribution in [3.05, 3.63) is 60.3 Å². The smallest absolute Gasteiger partial charge is 0.213 e. The molecule has 162 valence electrons. The summed E-state index contributed by atoms with van der Waals surface area (Å²) < 4.78 is 23.4. The van der Waals surface area contributed by atoms with Crippen LogP contribution in [0.3, 0.4) is 0 Å². The van der Waals surface area contributed by atoms with E-state index in [0.29, 0.717) is 5.88 Å². The summed E-state index contributed by atoms with van der Waals surface area (Å²) in [4.78, 5) is 4.71. The predicted molar refractivity (Wildman–Crippen MR) is 125 cm³/mol. The second-order valence-electron chi connectivity index (χ2n) is 8.31. The van der Waals surface area contributed by atoms with Gasteiger partial charge in [0.05, 0.1) is 32.6 Å². The van der Waals surface area contributed by atoms with Crippen LogP contribution in [0.15, 0.2) is 54.6 Å². The van der Waals surface area contributed by atoms with Crippen molar-refractivity contribution in [1.82, 2.24) is 4.98 Å². The van der Waals surface area contributed by atoms with Crippen molar-refractivity contribution in [2.75, 3.05) is 21.3 Å². The molecule has 0 N–H and O–H groups in total. The van der Waals surface area contributed by atoms with Crippen LogP contribution >= 0.6 is 7.92 Å². The number of fused-ring (bicyclic) bond motifs is 1. The molecule has 2 aromatic carbocycles. The minimum Gasteiger partial charge on any atom is -0.496 e. The third kappa shape index (κ3) is 3.83. The van der Waals surface area contributed by atoms with E-state index >= 15 is 0 Å². The Morgan fingerprint density at radius 1 is 0.839 bits per heavy atom. The highest BCUT2D eigenvalue weighted by molar-refractivity contribution is 7.68. The van der Waals surface area contributed by atoms with Crippen molar-refractivity contribution >= 4 is 13.2 Å². The molecule has 4 rings (SSSR count). The van der Waals surface area contributed by atoms with Crippen LogP contribution < -0.4 is 24.3 Å². The van der Waals surface area contributed by atoms with Gasteiger partial charge >= 0.3 is 0 Å². The molecule has 0 radical (unpaired) electrons. The predicted octanol–water partition coefficient (Wildman–Crippen LogP) is 5.77. The van der Waals surface area contributed by atoms with Gasteiger partial charge in [-0.1, -0.05) is 45.0 Å². The molecule has 0 saturated carbocycles. The lowest BCUT2D eigenvalue weighted by Crippen LogP contribution is -2.21. The van der Waals surface area contributed by atoms with Crippen molar-refractivity contribution in [3.8, 4) is 34.3 Å². The average molecular weight is 437 g/mol. The number of benzene rings is 2. The van der Waals surface area contributed by atoms with Crippen LogP contribution in [0.25, 0.3) is 11.1 Å². The van der Waals surface area contributed by atoms with Gasteiger partial charge in [-0.2, -0.15) is 0 Å². The number of rotatable bonds is 5.